The Balaban J connectivity index is 1.58. The summed E-state index contributed by atoms with van der Waals surface area (Å²) < 4.78 is 28.7. The first kappa shape index (κ1) is 18.1. The van der Waals surface area contributed by atoms with Gasteiger partial charge >= 0.3 is 0 Å². The highest BCUT2D eigenvalue weighted by molar-refractivity contribution is 6.31. The number of amides is 2. The number of nitrogens with one attached hydrogen (secondary N) is 1. The fourth-order valence-electron chi connectivity index (χ4n) is 3.40. The van der Waals surface area contributed by atoms with Gasteiger partial charge in [-0.25, -0.2) is 18.7 Å². The van der Waals surface area contributed by atoms with Crippen LogP contribution in [0.15, 0.2) is 24.5 Å². The zero-order valence-electron chi connectivity index (χ0n) is 13.7. The lowest BCUT2D eigenvalue weighted by atomic mass is 9.85. The molecule has 6 nitrogen and oxygen atoms in total. The van der Waals surface area contributed by atoms with Crippen molar-refractivity contribution in [3.63, 3.8) is 0 Å². The molecule has 140 valence electrons. The van der Waals surface area contributed by atoms with Crippen molar-refractivity contribution in [2.24, 2.45) is 0 Å². The number of hydrogen-bond donors (Lipinski definition) is 1. The van der Waals surface area contributed by atoms with Gasteiger partial charge < -0.3 is 4.90 Å². The van der Waals surface area contributed by atoms with Crippen LogP contribution in [-0.2, 0) is 10.2 Å². The van der Waals surface area contributed by atoms with Crippen LogP contribution in [0.1, 0.15) is 22.3 Å². The molecule has 1 aromatic carbocycles. The molecular weight excluding hydrogens is 401 g/mol. The molecule has 2 aliphatic rings. The van der Waals surface area contributed by atoms with E-state index in [-0.39, 0.29) is 41.6 Å². The van der Waals surface area contributed by atoms with Crippen LogP contribution in [0.2, 0.25) is 10.0 Å². The van der Waals surface area contributed by atoms with Gasteiger partial charge in [-0.05, 0) is 18.6 Å². The summed E-state index contributed by atoms with van der Waals surface area (Å²) in [6.07, 6.45) is 1.39. The molecule has 2 heterocycles. The molecule has 27 heavy (non-hydrogen) atoms. The summed E-state index contributed by atoms with van der Waals surface area (Å²) in [5.41, 5.74) is -1.13. The predicted octanol–water partition coefficient (Wildman–Crippen LogP) is 3.00. The molecule has 4 rings (SSSR count). The lowest BCUT2D eigenvalue weighted by molar-refractivity contribution is -0.117. The summed E-state index contributed by atoms with van der Waals surface area (Å²) in [7, 11) is 0. The average molecular weight is 413 g/mol. The largest absolute Gasteiger partial charge is 0.328 e. The summed E-state index contributed by atoms with van der Waals surface area (Å²) in [6.45, 7) is -0.449. The summed E-state index contributed by atoms with van der Waals surface area (Å²) in [6, 6.07) is 2.62. The van der Waals surface area contributed by atoms with Crippen molar-refractivity contribution < 1.29 is 18.4 Å². The molecule has 10 heteroatoms. The second-order valence-electron chi connectivity index (χ2n) is 6.55. The first-order valence-corrected chi connectivity index (χ1v) is 8.76. The first-order chi connectivity index (χ1) is 12.8. The van der Waals surface area contributed by atoms with E-state index in [0.717, 1.165) is 0 Å². The van der Waals surface area contributed by atoms with E-state index in [4.69, 9.17) is 23.2 Å². The van der Waals surface area contributed by atoms with Gasteiger partial charge in [0.1, 0.15) is 18.5 Å². The molecule has 1 unspecified atom stereocenters. The highest BCUT2D eigenvalue weighted by atomic mass is 35.5. The molecule has 0 bridgehead atoms. The number of rotatable bonds is 3. The van der Waals surface area contributed by atoms with Crippen molar-refractivity contribution in [1.82, 2.24) is 14.9 Å². The lowest BCUT2D eigenvalue weighted by Crippen LogP contribution is -2.48. The Bertz CT molecular complexity index is 957. The van der Waals surface area contributed by atoms with E-state index < -0.39 is 29.2 Å². The van der Waals surface area contributed by atoms with E-state index in [0.29, 0.717) is 5.02 Å². The van der Waals surface area contributed by atoms with E-state index in [1.165, 1.54) is 29.4 Å². The van der Waals surface area contributed by atoms with E-state index in [2.05, 4.69) is 15.3 Å². The van der Waals surface area contributed by atoms with Crippen molar-refractivity contribution in [3.8, 4) is 0 Å². The number of hydrogen-bond acceptors (Lipinski definition) is 4. The summed E-state index contributed by atoms with van der Waals surface area (Å²) in [4.78, 5) is 33.8. The Morgan fingerprint density at radius 3 is 2.63 bits per heavy atom. The maximum Gasteiger partial charge on any atom is 0.254 e. The minimum Gasteiger partial charge on any atom is -0.328 e. The summed E-state index contributed by atoms with van der Waals surface area (Å²) in [5.74, 6) is -1.87. The monoisotopic (exact) mass is 412 g/mol. The number of anilines is 1. The molecule has 1 N–H and O–H groups in total. The fraction of sp³-hybridized carbons (Fsp3) is 0.294. The molecule has 1 fully saturated rings. The third-order valence-electron chi connectivity index (χ3n) is 4.77. The molecule has 0 radical (unpaired) electrons. The molecule has 2 atom stereocenters. The Morgan fingerprint density at radius 1 is 1.33 bits per heavy atom. The Kier molecular flexibility index (Phi) is 4.27. The molecule has 1 saturated carbocycles. The maximum atomic E-state index is 14.5. The number of alkyl halides is 1. The van der Waals surface area contributed by atoms with Crippen LogP contribution < -0.4 is 5.32 Å². The van der Waals surface area contributed by atoms with Crippen LogP contribution in [0, 0.1) is 5.82 Å². The molecule has 2 aromatic rings. The molecule has 1 aromatic heterocycles. The smallest absolute Gasteiger partial charge is 0.254 e. The zero-order valence-corrected chi connectivity index (χ0v) is 15.2. The maximum absolute atomic E-state index is 14.5. The molecule has 1 aliphatic carbocycles. The molecule has 1 spiro atoms. The van der Waals surface area contributed by atoms with Crippen molar-refractivity contribution in [1.29, 1.82) is 0 Å². The van der Waals surface area contributed by atoms with Crippen LogP contribution in [0.5, 0.6) is 0 Å². The highest BCUT2D eigenvalue weighted by Crippen LogP contribution is 2.55. The van der Waals surface area contributed by atoms with Gasteiger partial charge in [-0.3, -0.25) is 14.9 Å². The number of aromatic nitrogens is 2. The Hall–Kier alpha value is -2.32. The second-order valence-corrected chi connectivity index (χ2v) is 7.39. The van der Waals surface area contributed by atoms with E-state index in [1.54, 1.807) is 0 Å². The van der Waals surface area contributed by atoms with Crippen molar-refractivity contribution in [3.05, 3.63) is 51.5 Å². The standard InChI is InChI=1S/C17H12Cl2F2N4O2/c18-8-4-22-16(23-5-8)24-12(26)6-25-7-17(3-11(17)20)13-9(15(25)27)1-2-10(19)14(13)21/h1-2,4-5,11H,3,6-7H2,(H,22,23,24,26)/t11-,17?/m1/s1. The molecule has 0 saturated heterocycles. The van der Waals surface area contributed by atoms with Crippen molar-refractivity contribution in [2.45, 2.75) is 18.0 Å². The number of benzene rings is 1. The van der Waals surface area contributed by atoms with Crippen LogP contribution >= 0.6 is 23.2 Å². The Labute approximate surface area is 162 Å². The number of halogens is 4. The Morgan fingerprint density at radius 2 is 2.00 bits per heavy atom. The SMILES string of the molecule is O=C(CN1CC2(C[C@H]2F)c2c(ccc(Cl)c2F)C1=O)Nc1ncc(Cl)cn1. The molecular formula is C17H12Cl2F2N4O2. The van der Waals surface area contributed by atoms with Gasteiger partial charge in [0.2, 0.25) is 11.9 Å². The molecule has 1 aliphatic heterocycles. The number of fused-ring (bicyclic) bond motifs is 2. The predicted molar refractivity (Wildman–Crippen MR) is 94.2 cm³/mol. The fourth-order valence-corrected chi connectivity index (χ4v) is 3.66. The summed E-state index contributed by atoms with van der Waals surface area (Å²) >= 11 is 11.5. The van der Waals surface area contributed by atoms with Gasteiger partial charge in [0.15, 0.2) is 0 Å². The van der Waals surface area contributed by atoms with Crippen molar-refractivity contribution in [2.75, 3.05) is 18.4 Å². The zero-order chi connectivity index (χ0) is 19.3. The van der Waals surface area contributed by atoms with Gasteiger partial charge in [-0.2, -0.15) is 0 Å². The minimum absolute atomic E-state index is 0.00481. The first-order valence-electron chi connectivity index (χ1n) is 8.01. The third kappa shape index (κ3) is 3.02. The summed E-state index contributed by atoms with van der Waals surface area (Å²) in [5, 5.41) is 2.58. The third-order valence-corrected chi connectivity index (χ3v) is 5.26. The average Bonchev–Trinajstić information content (AvgIpc) is 3.26. The highest BCUT2D eigenvalue weighted by Gasteiger charge is 2.62. The second kappa shape index (κ2) is 6.38. The van der Waals surface area contributed by atoms with E-state index >= 15 is 0 Å². The van der Waals surface area contributed by atoms with Crippen LogP contribution in [0.4, 0.5) is 14.7 Å². The van der Waals surface area contributed by atoms with Gasteiger partial charge in [-0.15, -0.1) is 0 Å². The van der Waals surface area contributed by atoms with Gasteiger partial charge in [-0.1, -0.05) is 23.2 Å². The van der Waals surface area contributed by atoms with Crippen LogP contribution in [0.25, 0.3) is 0 Å². The topological polar surface area (TPSA) is 75.2 Å². The normalized spacial score (nSPS) is 23.3. The van der Waals surface area contributed by atoms with Crippen molar-refractivity contribution >= 4 is 41.0 Å². The van der Waals surface area contributed by atoms with E-state index in [9.17, 15) is 18.4 Å². The van der Waals surface area contributed by atoms with E-state index in [1.807, 2.05) is 0 Å². The van der Waals surface area contributed by atoms with Gasteiger partial charge in [0, 0.05) is 17.7 Å². The number of carbonyl (C=O) groups is 2. The van der Waals surface area contributed by atoms with Gasteiger partial charge in [0.25, 0.3) is 5.91 Å². The quantitative estimate of drug-likeness (QED) is 0.840. The number of nitrogens with zero attached hydrogens (tertiary/aromatic N) is 3. The van der Waals surface area contributed by atoms with Crippen LogP contribution in [-0.4, -0.2) is 45.9 Å². The number of carbonyl (C=O) groups excluding carboxylic acids is 2. The van der Waals surface area contributed by atoms with Gasteiger partial charge in [0.05, 0.1) is 27.9 Å². The molecule has 2 amide bonds. The lowest BCUT2D eigenvalue weighted by Gasteiger charge is -2.34. The van der Waals surface area contributed by atoms with Crippen LogP contribution in [0.3, 0.4) is 0 Å². The minimum atomic E-state index is -1.30.